The third kappa shape index (κ3) is 3.27. The predicted molar refractivity (Wildman–Crippen MR) is 86.0 cm³/mol. The van der Waals surface area contributed by atoms with Crippen molar-refractivity contribution in [3.63, 3.8) is 0 Å². The summed E-state index contributed by atoms with van der Waals surface area (Å²) in [5.41, 5.74) is 2.33. The molecule has 2 aromatic rings. The molecule has 0 aliphatic carbocycles. The number of anilines is 1. The van der Waals surface area contributed by atoms with E-state index in [1.165, 1.54) is 20.2 Å². The SMILES string of the molecule is Cc1ccnc(C)c1NC(=O)c1cc(S(=O)(=O)N(C)C)oc1C. The Kier molecular flexibility index (Phi) is 4.58. The molecule has 7 nitrogen and oxygen atoms in total. The highest BCUT2D eigenvalue weighted by molar-refractivity contribution is 7.88. The first-order valence-corrected chi connectivity index (χ1v) is 8.35. The second-order valence-electron chi connectivity index (χ2n) is 5.37. The number of hydrogen-bond donors (Lipinski definition) is 1. The molecule has 0 saturated heterocycles. The highest BCUT2D eigenvalue weighted by Gasteiger charge is 2.26. The highest BCUT2D eigenvalue weighted by atomic mass is 32.2. The molecule has 8 heteroatoms. The van der Waals surface area contributed by atoms with Gasteiger partial charge in [0.25, 0.3) is 15.9 Å². The molecular formula is C15H19N3O4S. The zero-order valence-electron chi connectivity index (χ0n) is 13.7. The number of rotatable bonds is 4. The molecule has 0 spiro atoms. The van der Waals surface area contributed by atoms with Crippen molar-refractivity contribution in [1.82, 2.24) is 9.29 Å². The molecule has 0 radical (unpaired) electrons. The van der Waals surface area contributed by atoms with Gasteiger partial charge in [-0.3, -0.25) is 9.78 Å². The van der Waals surface area contributed by atoms with Crippen molar-refractivity contribution in [2.75, 3.05) is 19.4 Å². The summed E-state index contributed by atoms with van der Waals surface area (Å²) in [7, 11) is -0.931. The summed E-state index contributed by atoms with van der Waals surface area (Å²) in [6.07, 6.45) is 1.66. The van der Waals surface area contributed by atoms with E-state index >= 15 is 0 Å². The van der Waals surface area contributed by atoms with E-state index in [0.29, 0.717) is 11.4 Å². The normalized spacial score (nSPS) is 11.7. The lowest BCUT2D eigenvalue weighted by molar-refractivity contribution is 0.102. The summed E-state index contributed by atoms with van der Waals surface area (Å²) < 4.78 is 30.4. The minimum absolute atomic E-state index is 0.174. The van der Waals surface area contributed by atoms with Crippen molar-refractivity contribution in [2.24, 2.45) is 0 Å². The molecule has 23 heavy (non-hydrogen) atoms. The number of hydrogen-bond acceptors (Lipinski definition) is 5. The van der Waals surface area contributed by atoms with E-state index in [0.717, 1.165) is 9.87 Å². The van der Waals surface area contributed by atoms with Gasteiger partial charge in [0.2, 0.25) is 5.09 Å². The summed E-state index contributed by atoms with van der Waals surface area (Å²) in [4.78, 5) is 16.6. The predicted octanol–water partition coefficient (Wildman–Crippen LogP) is 2.10. The number of sulfonamides is 1. The zero-order valence-corrected chi connectivity index (χ0v) is 14.5. The van der Waals surface area contributed by atoms with E-state index in [4.69, 9.17) is 4.42 Å². The Hall–Kier alpha value is -2.19. The lowest BCUT2D eigenvalue weighted by Crippen LogP contribution is -2.21. The Labute approximate surface area is 135 Å². The van der Waals surface area contributed by atoms with E-state index in [9.17, 15) is 13.2 Å². The number of carbonyl (C=O) groups excluding carboxylic acids is 1. The monoisotopic (exact) mass is 337 g/mol. The van der Waals surface area contributed by atoms with Gasteiger partial charge in [-0.1, -0.05) is 0 Å². The molecule has 2 rings (SSSR count). The minimum Gasteiger partial charge on any atom is -0.448 e. The fourth-order valence-electron chi connectivity index (χ4n) is 2.05. The van der Waals surface area contributed by atoms with Gasteiger partial charge in [0.1, 0.15) is 5.76 Å². The van der Waals surface area contributed by atoms with E-state index < -0.39 is 15.9 Å². The van der Waals surface area contributed by atoms with Crippen molar-refractivity contribution in [1.29, 1.82) is 0 Å². The quantitative estimate of drug-likeness (QED) is 0.922. The van der Waals surface area contributed by atoms with Crippen molar-refractivity contribution in [3.8, 4) is 0 Å². The molecule has 0 saturated carbocycles. The summed E-state index contributed by atoms with van der Waals surface area (Å²) >= 11 is 0. The van der Waals surface area contributed by atoms with Crippen LogP contribution in [0.25, 0.3) is 0 Å². The molecule has 124 valence electrons. The lowest BCUT2D eigenvalue weighted by Gasteiger charge is -2.09. The molecule has 0 aliphatic rings. The number of nitrogens with zero attached hydrogens (tertiary/aromatic N) is 2. The standard InChI is InChI=1S/C15H19N3O4S/c1-9-6-7-16-10(2)14(9)17-15(19)12-8-13(22-11(12)3)23(20,21)18(4)5/h6-8H,1-5H3,(H,17,19). The number of pyridine rings is 1. The van der Waals surface area contributed by atoms with Crippen LogP contribution in [-0.4, -0.2) is 37.7 Å². The summed E-state index contributed by atoms with van der Waals surface area (Å²) in [6, 6.07) is 3.02. The van der Waals surface area contributed by atoms with Crippen molar-refractivity contribution in [3.05, 3.63) is 40.9 Å². The number of nitrogens with one attached hydrogen (secondary N) is 1. The number of furan rings is 1. The molecule has 0 bridgehead atoms. The van der Waals surface area contributed by atoms with Crippen molar-refractivity contribution < 1.29 is 17.6 Å². The van der Waals surface area contributed by atoms with Crippen LogP contribution >= 0.6 is 0 Å². The maximum Gasteiger partial charge on any atom is 0.275 e. The third-order valence-electron chi connectivity index (χ3n) is 3.46. The van der Waals surface area contributed by atoms with Gasteiger partial charge in [0.15, 0.2) is 0 Å². The van der Waals surface area contributed by atoms with Crippen molar-refractivity contribution in [2.45, 2.75) is 25.9 Å². The van der Waals surface area contributed by atoms with Gasteiger partial charge < -0.3 is 9.73 Å². The van der Waals surface area contributed by atoms with Crippen LogP contribution in [0.4, 0.5) is 5.69 Å². The van der Waals surface area contributed by atoms with E-state index in [1.54, 1.807) is 26.1 Å². The smallest absolute Gasteiger partial charge is 0.275 e. The number of aromatic nitrogens is 1. The molecule has 2 aromatic heterocycles. The first-order valence-electron chi connectivity index (χ1n) is 6.91. The molecule has 0 unspecified atom stereocenters. The number of amides is 1. The molecule has 2 heterocycles. The van der Waals surface area contributed by atoms with Crippen LogP contribution in [0.1, 0.15) is 27.4 Å². The summed E-state index contributed by atoms with van der Waals surface area (Å²) in [5.74, 6) is -0.201. The first-order chi connectivity index (χ1) is 10.6. The fraction of sp³-hybridized carbons (Fsp3) is 0.333. The van der Waals surface area contributed by atoms with Crippen LogP contribution in [0.5, 0.6) is 0 Å². The van der Waals surface area contributed by atoms with Crippen LogP contribution in [0.3, 0.4) is 0 Å². The van der Waals surface area contributed by atoms with Crippen LogP contribution in [0, 0.1) is 20.8 Å². The first kappa shape index (κ1) is 17.2. The largest absolute Gasteiger partial charge is 0.448 e. The fourth-order valence-corrected chi connectivity index (χ4v) is 2.91. The van der Waals surface area contributed by atoms with Gasteiger partial charge >= 0.3 is 0 Å². The number of carbonyl (C=O) groups is 1. The molecule has 0 aliphatic heterocycles. The van der Waals surface area contributed by atoms with Gasteiger partial charge in [-0.25, -0.2) is 12.7 Å². The molecule has 1 amide bonds. The maximum atomic E-state index is 12.4. The molecule has 0 aromatic carbocycles. The minimum atomic E-state index is -3.73. The van der Waals surface area contributed by atoms with Gasteiger partial charge in [-0.05, 0) is 32.4 Å². The van der Waals surface area contributed by atoms with Gasteiger partial charge in [-0.2, -0.15) is 0 Å². The van der Waals surface area contributed by atoms with Crippen LogP contribution in [-0.2, 0) is 10.0 Å². The van der Waals surface area contributed by atoms with Gasteiger partial charge in [0, 0.05) is 26.4 Å². The lowest BCUT2D eigenvalue weighted by atomic mass is 10.2. The molecular weight excluding hydrogens is 318 g/mol. The number of aryl methyl sites for hydroxylation is 3. The maximum absolute atomic E-state index is 12.4. The third-order valence-corrected chi connectivity index (χ3v) is 5.13. The average Bonchev–Trinajstić information content (AvgIpc) is 2.85. The Morgan fingerprint density at radius 1 is 1.26 bits per heavy atom. The highest BCUT2D eigenvalue weighted by Crippen LogP contribution is 2.24. The Balaban J connectivity index is 2.37. The van der Waals surface area contributed by atoms with E-state index in [2.05, 4.69) is 10.3 Å². The molecule has 0 fully saturated rings. The van der Waals surface area contributed by atoms with E-state index in [-0.39, 0.29) is 16.4 Å². The Bertz CT molecular complexity index is 833. The molecule has 0 atom stereocenters. The second-order valence-corrected chi connectivity index (χ2v) is 7.45. The zero-order chi connectivity index (χ0) is 17.4. The Morgan fingerprint density at radius 3 is 2.48 bits per heavy atom. The summed E-state index contributed by atoms with van der Waals surface area (Å²) in [5, 5.41) is 2.50. The molecule has 1 N–H and O–H groups in total. The Morgan fingerprint density at radius 2 is 1.91 bits per heavy atom. The average molecular weight is 337 g/mol. The second kappa shape index (κ2) is 6.13. The van der Waals surface area contributed by atoms with Crippen molar-refractivity contribution >= 4 is 21.6 Å². The van der Waals surface area contributed by atoms with Gasteiger partial charge in [-0.15, -0.1) is 0 Å². The van der Waals surface area contributed by atoms with Gasteiger partial charge in [0.05, 0.1) is 16.9 Å². The summed E-state index contributed by atoms with van der Waals surface area (Å²) in [6.45, 7) is 5.19. The van der Waals surface area contributed by atoms with Crippen LogP contribution in [0.2, 0.25) is 0 Å². The van der Waals surface area contributed by atoms with Crippen LogP contribution < -0.4 is 5.32 Å². The van der Waals surface area contributed by atoms with E-state index in [1.807, 2.05) is 6.92 Å². The topological polar surface area (TPSA) is 92.5 Å². The van der Waals surface area contributed by atoms with Crippen LogP contribution in [0.15, 0.2) is 27.8 Å².